The van der Waals surface area contributed by atoms with Gasteiger partial charge >= 0.3 is 0 Å². The van der Waals surface area contributed by atoms with Crippen molar-refractivity contribution < 1.29 is 0 Å². The first-order valence-electron chi connectivity index (χ1n) is 6.60. The third kappa shape index (κ3) is 3700. The van der Waals surface area contributed by atoms with Crippen LogP contribution in [0.15, 0.2) is 17.6 Å². The minimum absolute atomic E-state index is 0.667. The molecule has 0 unspecified atom stereocenters. The zero-order valence-electron chi connectivity index (χ0n) is 14.0. The van der Waals surface area contributed by atoms with Crippen LogP contribution in [0, 0.1) is 5.41 Å². The molecule has 0 spiro atoms. The summed E-state index contributed by atoms with van der Waals surface area (Å²) in [6.45, 7) is 17.4. The van der Waals surface area contributed by atoms with Crippen molar-refractivity contribution in [1.29, 1.82) is 5.41 Å². The highest BCUT2D eigenvalue weighted by molar-refractivity contribution is 5.75. The smallest absolute Gasteiger partial charge is 0.0794 e. The lowest BCUT2D eigenvalue weighted by molar-refractivity contribution is 0.886. The first kappa shape index (κ1) is 30.2. The second-order valence-corrected chi connectivity index (χ2v) is 3.52. The number of aliphatic imine (C=N–C) groups is 1. The van der Waals surface area contributed by atoms with Crippen LogP contribution in [0.3, 0.4) is 0 Å². The third-order valence-corrected chi connectivity index (χ3v) is 0.649. The van der Waals surface area contributed by atoms with Crippen molar-refractivity contribution in [3.63, 3.8) is 0 Å². The zero-order valence-corrected chi connectivity index (χ0v) is 14.0. The van der Waals surface area contributed by atoms with Gasteiger partial charge in [-0.25, -0.2) is 0 Å². The summed E-state index contributed by atoms with van der Waals surface area (Å²) in [6, 6.07) is 0. The van der Waals surface area contributed by atoms with E-state index < -0.39 is 0 Å². The van der Waals surface area contributed by atoms with E-state index in [2.05, 4.69) is 39.3 Å². The Morgan fingerprint density at radius 1 is 1.17 bits per heavy atom. The van der Waals surface area contributed by atoms with E-state index >= 15 is 0 Å². The molecule has 0 aromatic heterocycles. The number of rotatable bonds is 1. The lowest BCUT2D eigenvalue weighted by Crippen LogP contribution is -1.84. The minimum atomic E-state index is 0.667. The van der Waals surface area contributed by atoms with E-state index in [1.54, 1.807) is 27.0 Å². The van der Waals surface area contributed by atoms with Crippen LogP contribution in [-0.2, 0) is 0 Å². The van der Waals surface area contributed by atoms with Crippen LogP contribution in [0.4, 0.5) is 0 Å². The number of nitrogens with two attached hydrogens (primary N) is 1. The molecule has 0 aliphatic heterocycles. The van der Waals surface area contributed by atoms with Crippen molar-refractivity contribution in [2.45, 2.75) is 67.7 Å². The summed E-state index contributed by atoms with van der Waals surface area (Å²) in [4.78, 5) is 3.39. The van der Waals surface area contributed by atoms with Gasteiger partial charge in [-0.3, -0.25) is 4.99 Å². The van der Waals surface area contributed by atoms with Crippen LogP contribution >= 0.6 is 0 Å². The summed E-state index contributed by atoms with van der Waals surface area (Å²) < 4.78 is 0. The Balaban J connectivity index is -0.0000000394. The van der Waals surface area contributed by atoms with Crippen molar-refractivity contribution in [3.05, 3.63) is 12.7 Å². The molecule has 0 atom stereocenters. The van der Waals surface area contributed by atoms with Crippen molar-refractivity contribution in [2.24, 2.45) is 10.7 Å². The van der Waals surface area contributed by atoms with E-state index in [4.69, 9.17) is 11.1 Å². The molecule has 0 amide bonds. The molecule has 0 rings (SSSR count). The highest BCUT2D eigenvalue weighted by Crippen LogP contribution is 1.76. The maximum Gasteiger partial charge on any atom is 0.0794 e. The van der Waals surface area contributed by atoms with E-state index in [0.717, 1.165) is 0 Å². The van der Waals surface area contributed by atoms with Crippen LogP contribution in [0.1, 0.15) is 67.7 Å². The topological polar surface area (TPSA) is 62.2 Å². The Hall–Kier alpha value is -1.12. The van der Waals surface area contributed by atoms with Gasteiger partial charge in [0.1, 0.15) is 0 Å². The predicted molar refractivity (Wildman–Crippen MR) is 90.1 cm³/mol. The molecule has 0 bridgehead atoms. The van der Waals surface area contributed by atoms with Crippen LogP contribution < -0.4 is 5.73 Å². The SMILES string of the molecule is C=CC.CC(C)=N.CCC.CCCC.CN=CN. The van der Waals surface area contributed by atoms with Gasteiger partial charge in [-0.2, -0.15) is 0 Å². The van der Waals surface area contributed by atoms with Crippen molar-refractivity contribution in [3.8, 4) is 0 Å². The summed E-state index contributed by atoms with van der Waals surface area (Å²) in [7, 11) is 1.62. The summed E-state index contributed by atoms with van der Waals surface area (Å²) in [5.74, 6) is 0. The number of hydrogen-bond donors (Lipinski definition) is 2. The first-order chi connectivity index (χ1) is 8.39. The van der Waals surface area contributed by atoms with Gasteiger partial charge in [0.25, 0.3) is 0 Å². The van der Waals surface area contributed by atoms with E-state index in [9.17, 15) is 0 Å². The Bertz CT molecular complexity index is 131. The molecule has 0 saturated carbocycles. The first-order valence-corrected chi connectivity index (χ1v) is 6.60. The molecule has 0 heterocycles. The molecular weight excluding hydrogens is 222 g/mol. The van der Waals surface area contributed by atoms with Gasteiger partial charge in [0.05, 0.1) is 6.34 Å². The van der Waals surface area contributed by atoms with Gasteiger partial charge in [0.15, 0.2) is 0 Å². The van der Waals surface area contributed by atoms with Gasteiger partial charge in [-0.05, 0) is 20.8 Å². The molecule has 0 aliphatic carbocycles. The highest BCUT2D eigenvalue weighted by atomic mass is 14.7. The summed E-state index contributed by atoms with van der Waals surface area (Å²) in [6.07, 6.45) is 6.89. The summed E-state index contributed by atoms with van der Waals surface area (Å²) in [5, 5.41) is 6.50. The van der Waals surface area contributed by atoms with Crippen LogP contribution in [0.25, 0.3) is 0 Å². The normalized spacial score (nSPS) is 6.89. The van der Waals surface area contributed by atoms with Crippen molar-refractivity contribution in [1.82, 2.24) is 0 Å². The molecule has 3 heteroatoms. The molecular formula is C15H37N3. The monoisotopic (exact) mass is 259 g/mol. The average Bonchev–Trinajstić information content (AvgIpc) is 2.30. The predicted octanol–water partition coefficient (Wildman–Crippen LogP) is 5.06. The van der Waals surface area contributed by atoms with Gasteiger partial charge in [0.2, 0.25) is 0 Å². The molecule has 3 N–H and O–H groups in total. The van der Waals surface area contributed by atoms with Gasteiger partial charge < -0.3 is 11.1 Å². The Morgan fingerprint density at radius 2 is 1.28 bits per heavy atom. The van der Waals surface area contributed by atoms with Crippen LogP contribution in [-0.4, -0.2) is 19.1 Å². The number of allylic oxidation sites excluding steroid dienone is 1. The fraction of sp³-hybridized carbons (Fsp3) is 0.733. The molecule has 0 radical (unpaired) electrons. The largest absolute Gasteiger partial charge is 0.390 e. The number of unbranched alkanes of at least 4 members (excludes halogenated alkanes) is 1. The van der Waals surface area contributed by atoms with Gasteiger partial charge in [-0.1, -0.05) is 53.0 Å². The molecule has 0 aromatic rings. The van der Waals surface area contributed by atoms with Crippen LogP contribution in [0.2, 0.25) is 0 Å². The van der Waals surface area contributed by atoms with Crippen molar-refractivity contribution >= 4 is 12.1 Å². The number of nitrogens with one attached hydrogen (secondary N) is 1. The lowest BCUT2D eigenvalue weighted by Gasteiger charge is -1.68. The molecule has 0 fully saturated rings. The molecule has 18 heavy (non-hydrogen) atoms. The Labute approximate surface area is 116 Å². The number of nitrogens with zero attached hydrogens (tertiary/aromatic N) is 1. The fourth-order valence-corrected chi connectivity index (χ4v) is 0. The Kier molecular flexibility index (Phi) is 94.9. The highest BCUT2D eigenvalue weighted by Gasteiger charge is 1.56. The lowest BCUT2D eigenvalue weighted by atomic mass is 10.4. The quantitative estimate of drug-likeness (QED) is 0.386. The molecule has 0 aliphatic rings. The van der Waals surface area contributed by atoms with E-state index in [1.807, 2.05) is 6.92 Å². The van der Waals surface area contributed by atoms with E-state index in [1.165, 1.54) is 25.6 Å². The van der Waals surface area contributed by atoms with Crippen molar-refractivity contribution in [2.75, 3.05) is 7.05 Å². The standard InChI is InChI=1S/C4H10.C3H7N.C3H8.C3H6.C2H6N2/c1-3-4-2;1-3(2)4;2*1-3-2;1-4-2-3/h3-4H2,1-2H3;4H,1-2H3;3H2,1-2H3;3H,1H2,2H3;2H,1H3,(H2,3,4). The van der Waals surface area contributed by atoms with Gasteiger partial charge in [0, 0.05) is 12.8 Å². The molecule has 3 nitrogen and oxygen atoms in total. The molecule has 0 saturated heterocycles. The second kappa shape index (κ2) is 56.6. The van der Waals surface area contributed by atoms with Gasteiger partial charge in [-0.15, -0.1) is 6.58 Å². The Morgan fingerprint density at radius 3 is 1.28 bits per heavy atom. The summed E-state index contributed by atoms with van der Waals surface area (Å²) >= 11 is 0. The third-order valence-electron chi connectivity index (χ3n) is 0.649. The number of hydrogen-bond acceptors (Lipinski definition) is 2. The maximum atomic E-state index is 6.50. The molecule has 0 aromatic carbocycles. The zero-order chi connectivity index (χ0) is 15.8. The average molecular weight is 259 g/mol. The minimum Gasteiger partial charge on any atom is -0.390 e. The van der Waals surface area contributed by atoms with E-state index in [0.29, 0.717) is 5.71 Å². The summed E-state index contributed by atoms with van der Waals surface area (Å²) in [5.41, 5.74) is 5.40. The van der Waals surface area contributed by atoms with E-state index in [-0.39, 0.29) is 0 Å². The fourth-order valence-electron chi connectivity index (χ4n) is 0. The molecule has 112 valence electrons. The second-order valence-electron chi connectivity index (χ2n) is 3.52. The van der Waals surface area contributed by atoms with Crippen LogP contribution in [0.5, 0.6) is 0 Å². The maximum absolute atomic E-state index is 6.50.